The average Bonchev–Trinajstić information content (AvgIpc) is 2.67. The van der Waals surface area contributed by atoms with Crippen LogP contribution in [0.25, 0.3) is 5.57 Å². The largest absolute Gasteiger partial charge is 0.332 e. The molecule has 6 heteroatoms. The second-order valence-corrected chi connectivity index (χ2v) is 7.31. The van der Waals surface area contributed by atoms with Gasteiger partial charge >= 0.3 is 6.03 Å². The van der Waals surface area contributed by atoms with Gasteiger partial charge in [-0.05, 0) is 37.1 Å². The molecule has 0 N–H and O–H groups in total. The Bertz CT molecular complexity index is 895. The van der Waals surface area contributed by atoms with Gasteiger partial charge in [-0.25, -0.2) is 4.79 Å². The summed E-state index contributed by atoms with van der Waals surface area (Å²) in [5.41, 5.74) is 2.88. The third-order valence-corrected chi connectivity index (χ3v) is 5.41. The fraction of sp³-hybridized carbons (Fsp3) is 0.190. The molecule has 0 saturated carbocycles. The van der Waals surface area contributed by atoms with Crippen LogP contribution in [0, 0.1) is 0 Å². The molecule has 138 valence electrons. The third-order valence-electron chi connectivity index (χ3n) is 4.46. The second kappa shape index (κ2) is 8.15. The number of hydrogen-bond donors (Lipinski definition) is 0. The molecule has 0 unspecified atom stereocenters. The molecule has 1 aliphatic rings. The standard InChI is InChI=1S/C21H19BrN2O2S/c1-3-23-19(25)18(20(27)24(4-2)21(23)26)17(14-8-6-5-7-9-14)15-10-12-16(22)13-11-15/h5-13H,3-4H2,1-2H3. The molecular formula is C21H19BrN2O2S. The Kier molecular flexibility index (Phi) is 5.87. The molecule has 1 heterocycles. The van der Waals surface area contributed by atoms with Crippen LogP contribution in [0.3, 0.4) is 0 Å². The number of likely N-dealkylation sites (N-methyl/N-ethyl adjacent to an activating group) is 2. The number of rotatable bonds is 4. The first-order chi connectivity index (χ1) is 13.0. The summed E-state index contributed by atoms with van der Waals surface area (Å²) < 4.78 is 0.946. The van der Waals surface area contributed by atoms with Crippen LogP contribution in [-0.2, 0) is 4.79 Å². The molecule has 0 aromatic heterocycles. The minimum Gasteiger partial charge on any atom is -0.284 e. The van der Waals surface area contributed by atoms with E-state index in [1.807, 2.05) is 61.5 Å². The van der Waals surface area contributed by atoms with E-state index in [2.05, 4.69) is 15.9 Å². The zero-order valence-corrected chi connectivity index (χ0v) is 17.5. The van der Waals surface area contributed by atoms with Crippen molar-refractivity contribution in [3.63, 3.8) is 0 Å². The first-order valence-electron chi connectivity index (χ1n) is 8.72. The number of thiocarbonyl (C=S) groups is 1. The maximum atomic E-state index is 13.2. The van der Waals surface area contributed by atoms with Crippen molar-refractivity contribution in [2.24, 2.45) is 0 Å². The Morgan fingerprint density at radius 1 is 0.889 bits per heavy atom. The quantitative estimate of drug-likeness (QED) is 0.500. The minimum atomic E-state index is -0.359. The first-order valence-corrected chi connectivity index (χ1v) is 9.93. The number of urea groups is 1. The maximum Gasteiger partial charge on any atom is 0.332 e. The van der Waals surface area contributed by atoms with E-state index < -0.39 is 0 Å². The molecule has 3 rings (SSSR count). The fourth-order valence-electron chi connectivity index (χ4n) is 3.13. The second-order valence-electron chi connectivity index (χ2n) is 6.00. The lowest BCUT2D eigenvalue weighted by molar-refractivity contribution is -0.124. The van der Waals surface area contributed by atoms with Crippen molar-refractivity contribution in [1.82, 2.24) is 9.80 Å². The predicted octanol–water partition coefficient (Wildman–Crippen LogP) is 4.88. The summed E-state index contributed by atoms with van der Waals surface area (Å²) in [6, 6.07) is 17.0. The fourth-order valence-corrected chi connectivity index (χ4v) is 3.79. The summed E-state index contributed by atoms with van der Waals surface area (Å²) >= 11 is 9.05. The highest BCUT2D eigenvalue weighted by Crippen LogP contribution is 2.32. The van der Waals surface area contributed by atoms with Crippen LogP contribution in [0.1, 0.15) is 25.0 Å². The van der Waals surface area contributed by atoms with Crippen LogP contribution < -0.4 is 0 Å². The molecule has 2 aromatic rings. The molecule has 1 saturated heterocycles. The predicted molar refractivity (Wildman–Crippen MR) is 114 cm³/mol. The van der Waals surface area contributed by atoms with E-state index in [1.54, 1.807) is 6.92 Å². The zero-order chi connectivity index (χ0) is 19.6. The summed E-state index contributed by atoms with van der Waals surface area (Å²) in [6.45, 7) is 4.35. The van der Waals surface area contributed by atoms with Gasteiger partial charge in [-0.2, -0.15) is 0 Å². The normalized spacial score (nSPS) is 16.8. The monoisotopic (exact) mass is 442 g/mol. The van der Waals surface area contributed by atoms with Crippen molar-refractivity contribution >= 4 is 50.6 Å². The van der Waals surface area contributed by atoms with Gasteiger partial charge in [-0.1, -0.05) is 70.6 Å². The maximum absolute atomic E-state index is 13.2. The van der Waals surface area contributed by atoms with Crippen LogP contribution in [0.15, 0.2) is 64.6 Å². The van der Waals surface area contributed by atoms with Gasteiger partial charge in [-0.3, -0.25) is 14.6 Å². The highest BCUT2D eigenvalue weighted by atomic mass is 79.9. The van der Waals surface area contributed by atoms with Crippen LogP contribution in [0.2, 0.25) is 0 Å². The van der Waals surface area contributed by atoms with Crippen molar-refractivity contribution in [1.29, 1.82) is 0 Å². The molecule has 0 aliphatic carbocycles. The van der Waals surface area contributed by atoms with Crippen LogP contribution in [0.4, 0.5) is 4.79 Å². The number of halogens is 1. The summed E-state index contributed by atoms with van der Waals surface area (Å²) in [5, 5.41) is 0. The molecule has 0 atom stereocenters. The molecule has 0 bridgehead atoms. The van der Waals surface area contributed by atoms with Gasteiger partial charge < -0.3 is 0 Å². The number of imide groups is 1. The number of amides is 3. The third kappa shape index (κ3) is 3.59. The van der Waals surface area contributed by atoms with Gasteiger partial charge in [0, 0.05) is 23.1 Å². The van der Waals surface area contributed by atoms with E-state index in [4.69, 9.17) is 12.2 Å². The molecule has 0 spiro atoms. The molecule has 1 aliphatic heterocycles. The van der Waals surface area contributed by atoms with Crippen molar-refractivity contribution in [2.45, 2.75) is 13.8 Å². The highest BCUT2D eigenvalue weighted by molar-refractivity contribution is 9.10. The van der Waals surface area contributed by atoms with Gasteiger partial charge in [0.2, 0.25) is 0 Å². The van der Waals surface area contributed by atoms with E-state index in [0.717, 1.165) is 21.2 Å². The van der Waals surface area contributed by atoms with E-state index in [-0.39, 0.29) is 16.9 Å². The van der Waals surface area contributed by atoms with E-state index in [1.165, 1.54) is 9.80 Å². The van der Waals surface area contributed by atoms with Crippen LogP contribution >= 0.6 is 28.1 Å². The number of carbonyl (C=O) groups is 2. The van der Waals surface area contributed by atoms with Crippen molar-refractivity contribution in [2.75, 3.05) is 13.1 Å². The number of hydrogen-bond acceptors (Lipinski definition) is 3. The smallest absolute Gasteiger partial charge is 0.284 e. The Labute approximate surface area is 172 Å². The Morgan fingerprint density at radius 2 is 1.44 bits per heavy atom. The summed E-state index contributed by atoms with van der Waals surface area (Å²) in [7, 11) is 0. The molecule has 1 fully saturated rings. The molecule has 3 amide bonds. The Balaban J connectivity index is 2.31. The number of benzene rings is 2. The summed E-state index contributed by atoms with van der Waals surface area (Å²) in [5.74, 6) is -0.348. The highest BCUT2D eigenvalue weighted by Gasteiger charge is 2.40. The van der Waals surface area contributed by atoms with Crippen molar-refractivity contribution < 1.29 is 9.59 Å². The Hall–Kier alpha value is -2.31. The van der Waals surface area contributed by atoms with Crippen LogP contribution in [0.5, 0.6) is 0 Å². The zero-order valence-electron chi connectivity index (χ0n) is 15.1. The molecular weight excluding hydrogens is 424 g/mol. The lowest BCUT2D eigenvalue weighted by Crippen LogP contribution is -2.55. The van der Waals surface area contributed by atoms with E-state index in [0.29, 0.717) is 18.7 Å². The summed E-state index contributed by atoms with van der Waals surface area (Å²) in [4.78, 5) is 28.8. The van der Waals surface area contributed by atoms with Gasteiger partial charge in [0.25, 0.3) is 5.91 Å². The lowest BCUT2D eigenvalue weighted by atomic mass is 9.91. The first kappa shape index (κ1) is 19.5. The van der Waals surface area contributed by atoms with Gasteiger partial charge in [0.15, 0.2) is 0 Å². The van der Waals surface area contributed by atoms with Gasteiger partial charge in [0.1, 0.15) is 4.99 Å². The summed E-state index contributed by atoms with van der Waals surface area (Å²) in [6.07, 6.45) is 0. The molecule has 4 nitrogen and oxygen atoms in total. The number of nitrogens with zero attached hydrogens (tertiary/aromatic N) is 2. The van der Waals surface area contributed by atoms with Crippen LogP contribution in [-0.4, -0.2) is 39.8 Å². The Morgan fingerprint density at radius 3 is 2.00 bits per heavy atom. The van der Waals surface area contributed by atoms with Crippen molar-refractivity contribution in [3.05, 3.63) is 75.8 Å². The van der Waals surface area contributed by atoms with E-state index >= 15 is 0 Å². The van der Waals surface area contributed by atoms with E-state index in [9.17, 15) is 9.59 Å². The van der Waals surface area contributed by atoms with Gasteiger partial charge in [-0.15, -0.1) is 0 Å². The lowest BCUT2D eigenvalue weighted by Gasteiger charge is -2.36. The van der Waals surface area contributed by atoms with Crippen molar-refractivity contribution in [3.8, 4) is 0 Å². The molecule has 27 heavy (non-hydrogen) atoms. The SMILES string of the molecule is CCN1C(=O)C(=C(c2ccccc2)c2ccc(Br)cc2)C(=S)N(CC)C1=O. The number of carbonyl (C=O) groups excluding carboxylic acids is 2. The topological polar surface area (TPSA) is 40.6 Å². The minimum absolute atomic E-state index is 0.277. The molecule has 0 radical (unpaired) electrons. The molecule has 2 aromatic carbocycles. The van der Waals surface area contributed by atoms with Gasteiger partial charge in [0.05, 0.1) is 5.57 Å². The average molecular weight is 443 g/mol.